The lowest BCUT2D eigenvalue weighted by molar-refractivity contribution is 0.422. The Kier molecular flexibility index (Phi) is 5.69. The van der Waals surface area contributed by atoms with E-state index in [4.69, 9.17) is 0 Å². The predicted octanol–water partition coefficient (Wildman–Crippen LogP) is 2.49. The van der Waals surface area contributed by atoms with Gasteiger partial charge in [-0.1, -0.05) is 6.07 Å². The molecular formula is C14H22F2N2. The zero-order chi connectivity index (χ0) is 13.6. The highest BCUT2D eigenvalue weighted by Gasteiger charge is 2.07. The maximum atomic E-state index is 13.3. The van der Waals surface area contributed by atoms with Crippen molar-refractivity contribution in [3.05, 3.63) is 35.4 Å². The van der Waals surface area contributed by atoms with Crippen LogP contribution in [0.2, 0.25) is 0 Å². The summed E-state index contributed by atoms with van der Waals surface area (Å²) in [5.74, 6) is -0.997. The molecule has 0 amide bonds. The van der Waals surface area contributed by atoms with Gasteiger partial charge in [-0.25, -0.2) is 8.78 Å². The minimum atomic E-state index is -0.529. The van der Waals surface area contributed by atoms with E-state index in [0.29, 0.717) is 18.5 Å². The molecule has 0 aliphatic rings. The fourth-order valence-electron chi connectivity index (χ4n) is 1.60. The van der Waals surface area contributed by atoms with Gasteiger partial charge in [0.25, 0.3) is 0 Å². The Morgan fingerprint density at radius 3 is 2.39 bits per heavy atom. The van der Waals surface area contributed by atoms with Crippen LogP contribution in [0, 0.1) is 11.6 Å². The van der Waals surface area contributed by atoms with E-state index in [1.165, 1.54) is 12.1 Å². The Labute approximate surface area is 108 Å². The Morgan fingerprint density at radius 2 is 1.78 bits per heavy atom. The molecule has 2 nitrogen and oxygen atoms in total. The lowest BCUT2D eigenvalue weighted by Crippen LogP contribution is -2.40. The molecule has 4 heteroatoms. The van der Waals surface area contributed by atoms with E-state index in [1.54, 1.807) is 0 Å². The molecule has 0 unspecified atom stereocenters. The minimum absolute atomic E-state index is 0.116. The van der Waals surface area contributed by atoms with Crippen molar-refractivity contribution in [2.45, 2.75) is 32.7 Å². The fourth-order valence-corrected chi connectivity index (χ4v) is 1.60. The van der Waals surface area contributed by atoms with Gasteiger partial charge in [-0.2, -0.15) is 0 Å². The number of benzene rings is 1. The second kappa shape index (κ2) is 6.81. The van der Waals surface area contributed by atoms with Gasteiger partial charge in [-0.05, 0) is 45.4 Å². The molecule has 0 atom stereocenters. The second-order valence-electron chi connectivity index (χ2n) is 5.41. The molecule has 0 saturated heterocycles. The molecule has 18 heavy (non-hydrogen) atoms. The molecule has 0 fully saturated rings. The Bertz CT molecular complexity index is 373. The molecule has 102 valence electrons. The van der Waals surface area contributed by atoms with Crippen LogP contribution in [0.4, 0.5) is 8.78 Å². The number of nitrogens with one attached hydrogen (secondary N) is 2. The third-order valence-corrected chi connectivity index (χ3v) is 2.54. The smallest absolute Gasteiger partial charge is 0.129 e. The normalized spacial score (nSPS) is 11.8. The summed E-state index contributed by atoms with van der Waals surface area (Å²) in [6, 6.07) is 3.72. The quantitative estimate of drug-likeness (QED) is 0.764. The molecule has 0 spiro atoms. The topological polar surface area (TPSA) is 24.1 Å². The molecule has 2 N–H and O–H groups in total. The summed E-state index contributed by atoms with van der Waals surface area (Å²) in [5, 5.41) is 6.58. The third-order valence-electron chi connectivity index (χ3n) is 2.54. The second-order valence-corrected chi connectivity index (χ2v) is 5.41. The maximum absolute atomic E-state index is 13.3. The average molecular weight is 256 g/mol. The Balaban J connectivity index is 2.18. The molecule has 0 aliphatic heterocycles. The van der Waals surface area contributed by atoms with Gasteiger partial charge in [0.05, 0.1) is 0 Å². The van der Waals surface area contributed by atoms with Gasteiger partial charge in [-0.3, -0.25) is 0 Å². The highest BCUT2D eigenvalue weighted by Crippen LogP contribution is 2.09. The van der Waals surface area contributed by atoms with E-state index in [0.717, 1.165) is 19.2 Å². The molecule has 1 rings (SSSR count). The van der Waals surface area contributed by atoms with Gasteiger partial charge in [-0.15, -0.1) is 0 Å². The summed E-state index contributed by atoms with van der Waals surface area (Å²) < 4.78 is 26.0. The first-order valence-corrected chi connectivity index (χ1v) is 6.28. The maximum Gasteiger partial charge on any atom is 0.129 e. The monoisotopic (exact) mass is 256 g/mol. The van der Waals surface area contributed by atoms with E-state index < -0.39 is 11.6 Å². The first-order valence-electron chi connectivity index (χ1n) is 6.28. The van der Waals surface area contributed by atoms with E-state index in [1.807, 2.05) is 0 Å². The molecule has 0 aromatic heterocycles. The van der Waals surface area contributed by atoms with E-state index in [2.05, 4.69) is 31.4 Å². The number of hydrogen-bond acceptors (Lipinski definition) is 2. The van der Waals surface area contributed by atoms with Crippen molar-refractivity contribution in [1.82, 2.24) is 10.6 Å². The van der Waals surface area contributed by atoms with Crippen molar-refractivity contribution < 1.29 is 8.78 Å². The molecular weight excluding hydrogens is 234 g/mol. The summed E-state index contributed by atoms with van der Waals surface area (Å²) >= 11 is 0. The predicted molar refractivity (Wildman–Crippen MR) is 70.7 cm³/mol. The van der Waals surface area contributed by atoms with Crippen LogP contribution < -0.4 is 10.6 Å². The van der Waals surface area contributed by atoms with Gasteiger partial charge in [0.2, 0.25) is 0 Å². The van der Waals surface area contributed by atoms with Crippen LogP contribution in [0.15, 0.2) is 18.2 Å². The summed E-state index contributed by atoms with van der Waals surface area (Å²) in [7, 11) is 0. The zero-order valence-corrected chi connectivity index (χ0v) is 11.3. The number of hydrogen-bond donors (Lipinski definition) is 2. The highest BCUT2D eigenvalue weighted by atomic mass is 19.1. The SMILES string of the molecule is CC(C)(C)NCCNCCc1ccc(F)cc1F. The van der Waals surface area contributed by atoms with Gasteiger partial charge in [0, 0.05) is 24.7 Å². The number of halogens is 2. The van der Waals surface area contributed by atoms with Gasteiger partial charge in [0.15, 0.2) is 0 Å². The molecule has 0 saturated carbocycles. The van der Waals surface area contributed by atoms with Crippen molar-refractivity contribution in [3.63, 3.8) is 0 Å². The van der Waals surface area contributed by atoms with E-state index >= 15 is 0 Å². The highest BCUT2D eigenvalue weighted by molar-refractivity contribution is 5.18. The Morgan fingerprint density at radius 1 is 1.06 bits per heavy atom. The van der Waals surface area contributed by atoms with E-state index in [-0.39, 0.29) is 5.54 Å². The first kappa shape index (κ1) is 15.1. The van der Waals surface area contributed by atoms with Gasteiger partial charge >= 0.3 is 0 Å². The van der Waals surface area contributed by atoms with Crippen molar-refractivity contribution in [1.29, 1.82) is 0 Å². The van der Waals surface area contributed by atoms with Crippen molar-refractivity contribution in [3.8, 4) is 0 Å². The lowest BCUT2D eigenvalue weighted by Gasteiger charge is -2.20. The standard InChI is InChI=1S/C14H22F2N2/c1-14(2,3)18-9-8-17-7-6-11-4-5-12(15)10-13(11)16/h4-5,10,17-18H,6-9H2,1-3H3. The van der Waals surface area contributed by atoms with Crippen molar-refractivity contribution in [2.24, 2.45) is 0 Å². The summed E-state index contributed by atoms with van der Waals surface area (Å²) in [5.41, 5.74) is 0.665. The van der Waals surface area contributed by atoms with Crippen molar-refractivity contribution >= 4 is 0 Å². The molecule has 0 aliphatic carbocycles. The summed E-state index contributed by atoms with van der Waals surface area (Å²) in [6.07, 6.45) is 0.571. The largest absolute Gasteiger partial charge is 0.315 e. The summed E-state index contributed by atoms with van der Waals surface area (Å²) in [6.45, 7) is 8.73. The molecule has 1 aromatic carbocycles. The minimum Gasteiger partial charge on any atom is -0.315 e. The molecule has 0 heterocycles. The van der Waals surface area contributed by atoms with Crippen LogP contribution in [0.1, 0.15) is 26.3 Å². The molecule has 0 bridgehead atoms. The van der Waals surface area contributed by atoms with Crippen molar-refractivity contribution in [2.75, 3.05) is 19.6 Å². The zero-order valence-electron chi connectivity index (χ0n) is 11.3. The summed E-state index contributed by atoms with van der Waals surface area (Å²) in [4.78, 5) is 0. The van der Waals surface area contributed by atoms with Gasteiger partial charge in [0.1, 0.15) is 11.6 Å². The van der Waals surface area contributed by atoms with Crippen LogP contribution in [0.25, 0.3) is 0 Å². The first-order chi connectivity index (χ1) is 8.38. The van der Waals surface area contributed by atoms with Crippen LogP contribution in [-0.2, 0) is 6.42 Å². The Hall–Kier alpha value is -1.00. The van der Waals surface area contributed by atoms with Crippen LogP contribution in [-0.4, -0.2) is 25.2 Å². The third kappa shape index (κ3) is 6.07. The van der Waals surface area contributed by atoms with Crippen LogP contribution >= 0.6 is 0 Å². The lowest BCUT2D eigenvalue weighted by atomic mass is 10.1. The van der Waals surface area contributed by atoms with Gasteiger partial charge < -0.3 is 10.6 Å². The van der Waals surface area contributed by atoms with Crippen LogP contribution in [0.5, 0.6) is 0 Å². The van der Waals surface area contributed by atoms with E-state index in [9.17, 15) is 8.78 Å². The molecule has 0 radical (unpaired) electrons. The van der Waals surface area contributed by atoms with Crippen LogP contribution in [0.3, 0.4) is 0 Å². The fraction of sp³-hybridized carbons (Fsp3) is 0.571. The number of rotatable bonds is 6. The average Bonchev–Trinajstić information content (AvgIpc) is 2.24. The molecule has 1 aromatic rings.